The second-order valence-electron chi connectivity index (χ2n) is 6.65. The van der Waals surface area contributed by atoms with Gasteiger partial charge in [0.15, 0.2) is 0 Å². The van der Waals surface area contributed by atoms with E-state index in [0.29, 0.717) is 21.3 Å². The number of hydrogen-bond donors (Lipinski definition) is 0. The molecule has 39 heavy (non-hydrogen) atoms. The van der Waals surface area contributed by atoms with Gasteiger partial charge in [-0.05, 0) is 0 Å². The molecule has 1 fully saturated rings. The first kappa shape index (κ1) is 37.7. The highest BCUT2D eigenvalue weighted by atomic mass is 31.2. The summed E-state index contributed by atoms with van der Waals surface area (Å²) in [5.41, 5.74) is 0. The van der Waals surface area contributed by atoms with E-state index in [1.165, 1.54) is 0 Å². The fraction of sp³-hybridized carbons (Fsp3) is 1.00. The summed E-state index contributed by atoms with van der Waals surface area (Å²) in [5, 5.41) is 0. The molecule has 0 aliphatic heterocycles. The lowest BCUT2D eigenvalue weighted by Gasteiger charge is -2.55. The van der Waals surface area contributed by atoms with E-state index in [9.17, 15) is 71.4 Å². The van der Waals surface area contributed by atoms with Crippen molar-refractivity contribution < 1.29 is 112 Å². The molecule has 0 aromatic heterocycles. The quantitative estimate of drug-likeness (QED) is 0.144. The van der Waals surface area contributed by atoms with Gasteiger partial charge in [0.05, 0.1) is 23.5 Å². The lowest BCUT2D eigenvalue weighted by molar-refractivity contribution is -0.372. The molecule has 0 radical (unpaired) electrons. The second-order valence-corrected chi connectivity index (χ2v) is 14.4. The van der Waals surface area contributed by atoms with Crippen LogP contribution in [0.2, 0.25) is 0 Å². The van der Waals surface area contributed by atoms with Crippen LogP contribution in [0.5, 0.6) is 0 Å². The average molecular weight is 693 g/mol. The summed E-state index contributed by atoms with van der Waals surface area (Å²) in [6, 6.07) is 0. The van der Waals surface area contributed by atoms with Crippen LogP contribution < -0.4 is 44.0 Å². The summed E-state index contributed by atoms with van der Waals surface area (Å²) >= 11 is 0. The third kappa shape index (κ3) is 12.8. The lowest BCUT2D eigenvalue weighted by atomic mass is 9.85. The molecule has 24 nitrogen and oxygen atoms in total. The number of phosphoric acid groups is 6. The van der Waals surface area contributed by atoms with E-state index in [2.05, 4.69) is 40.7 Å². The van der Waals surface area contributed by atoms with Crippen LogP contribution in [0.4, 0.5) is 0 Å². The van der Waals surface area contributed by atoms with E-state index >= 15 is 0 Å². The van der Waals surface area contributed by atoms with Gasteiger partial charge < -0.3 is 98.4 Å². The SMILES string of the molecule is COP(=O)([O-])OC1C(OP(=O)([O-])[O-])C(OP(=O)([O-])[O-])C(OP(=O)([O-])OC)C(OP(=O)([O-])OC)C1OP(=O)([O-])[O-]. The monoisotopic (exact) mass is 693 g/mol. The third-order valence-corrected chi connectivity index (χ3v) is 8.47. The van der Waals surface area contributed by atoms with Gasteiger partial charge in [0, 0.05) is 21.3 Å². The van der Waals surface area contributed by atoms with Crippen molar-refractivity contribution in [2.75, 3.05) is 21.3 Å². The van der Waals surface area contributed by atoms with Gasteiger partial charge in [-0.3, -0.25) is 13.7 Å². The zero-order valence-electron chi connectivity index (χ0n) is 18.9. The first-order chi connectivity index (χ1) is 17.3. The number of rotatable bonds is 15. The molecule has 30 heteroatoms. The van der Waals surface area contributed by atoms with Crippen LogP contribution in [0.1, 0.15) is 0 Å². The molecule has 0 aromatic rings. The molecule has 0 aromatic carbocycles. The summed E-state index contributed by atoms with van der Waals surface area (Å²) in [7, 11) is -36.1. The van der Waals surface area contributed by atoms with Crippen molar-refractivity contribution in [3.63, 3.8) is 0 Å². The Morgan fingerprint density at radius 3 is 0.641 bits per heavy atom. The molecular formula is C9H15O24P6-9. The average Bonchev–Trinajstić information content (AvgIpc) is 2.73. The van der Waals surface area contributed by atoms with Crippen LogP contribution >= 0.6 is 46.9 Å². The van der Waals surface area contributed by atoms with Crippen molar-refractivity contribution in [2.45, 2.75) is 36.6 Å². The van der Waals surface area contributed by atoms with Crippen LogP contribution in [-0.2, 0) is 68.1 Å². The molecule has 9 atom stereocenters. The zero-order chi connectivity index (χ0) is 30.8. The van der Waals surface area contributed by atoms with Gasteiger partial charge >= 0.3 is 0 Å². The largest absolute Gasteiger partial charge is 0.790 e. The highest BCUT2D eigenvalue weighted by molar-refractivity contribution is 7.46. The normalized spacial score (nSPS) is 31.7. The molecule has 1 saturated carbocycles. The third-order valence-electron chi connectivity index (χ3n) is 4.12. The lowest BCUT2D eigenvalue weighted by Crippen LogP contribution is -2.67. The summed E-state index contributed by atoms with van der Waals surface area (Å²) in [6.45, 7) is 0. The van der Waals surface area contributed by atoms with Crippen molar-refractivity contribution >= 4 is 46.9 Å². The van der Waals surface area contributed by atoms with E-state index in [1.54, 1.807) is 0 Å². The van der Waals surface area contributed by atoms with E-state index in [-0.39, 0.29) is 0 Å². The van der Waals surface area contributed by atoms with Crippen molar-refractivity contribution in [3.05, 3.63) is 0 Å². The van der Waals surface area contributed by atoms with Crippen LogP contribution in [0.15, 0.2) is 0 Å². The Morgan fingerprint density at radius 1 is 0.359 bits per heavy atom. The molecule has 0 bridgehead atoms. The Bertz CT molecular complexity index is 1120. The maximum Gasteiger partial charge on any atom is 0.268 e. The zero-order valence-corrected chi connectivity index (χ0v) is 24.3. The Balaban J connectivity index is 4.14. The van der Waals surface area contributed by atoms with Crippen LogP contribution in [0, 0.1) is 0 Å². The van der Waals surface area contributed by atoms with Gasteiger partial charge in [0.2, 0.25) is 0 Å². The number of phosphoric ester groups is 6. The molecule has 0 spiro atoms. The van der Waals surface area contributed by atoms with E-state index in [4.69, 9.17) is 0 Å². The first-order valence-electron chi connectivity index (χ1n) is 9.02. The predicted octanol–water partition coefficient (Wildman–Crippen LogP) is -6.86. The minimum Gasteiger partial charge on any atom is -0.790 e. The topological polar surface area (TPSA) is 393 Å². The predicted molar refractivity (Wildman–Crippen MR) is 95.9 cm³/mol. The molecule has 0 saturated heterocycles. The van der Waals surface area contributed by atoms with Crippen molar-refractivity contribution in [1.82, 2.24) is 0 Å². The summed E-state index contributed by atoms with van der Waals surface area (Å²) < 4.78 is 107. The van der Waals surface area contributed by atoms with E-state index in [0.717, 1.165) is 0 Å². The molecule has 234 valence electrons. The summed E-state index contributed by atoms with van der Waals surface area (Å²) in [6.07, 6.45) is -19.5. The maximum absolute atomic E-state index is 12.0. The highest BCUT2D eigenvalue weighted by Gasteiger charge is 2.58. The summed E-state index contributed by atoms with van der Waals surface area (Å²) in [5.74, 6) is 0. The van der Waals surface area contributed by atoms with Crippen LogP contribution in [0.25, 0.3) is 0 Å². The standard InChI is InChI=1S/C9H24O24P6/c1-25-37(19,20)31-7-4(28-34(10,11)12)5(29-35(13,14)15)8(32-38(21,22)26-2)9(33-39(23,24)27-3)6(7)30-36(16,17)18/h4-9H,1-3H3,(H,19,20)(H,21,22)(H,23,24)(H2,10,11,12)(H2,13,14,15)(H2,16,17,18)/p-9. The molecule has 9 unspecified atom stereocenters. The Kier molecular flexibility index (Phi) is 13.1. The van der Waals surface area contributed by atoms with Gasteiger partial charge in [-0.25, -0.2) is 0 Å². The Hall–Kier alpha value is 0.660. The molecule has 0 N–H and O–H groups in total. The molecule has 0 heterocycles. The van der Waals surface area contributed by atoms with Gasteiger partial charge in [-0.1, -0.05) is 0 Å². The van der Waals surface area contributed by atoms with Crippen molar-refractivity contribution in [3.8, 4) is 0 Å². The van der Waals surface area contributed by atoms with Gasteiger partial charge in [-0.2, -0.15) is 0 Å². The fourth-order valence-electron chi connectivity index (χ4n) is 2.86. The smallest absolute Gasteiger partial charge is 0.268 e. The minimum atomic E-state index is -6.56. The van der Waals surface area contributed by atoms with Gasteiger partial charge in [0.25, 0.3) is 23.5 Å². The summed E-state index contributed by atoms with van der Waals surface area (Å²) in [4.78, 5) is 104. The molecule has 1 rings (SSSR count). The van der Waals surface area contributed by atoms with Crippen molar-refractivity contribution in [1.29, 1.82) is 0 Å². The van der Waals surface area contributed by atoms with Gasteiger partial charge in [-0.15, -0.1) is 0 Å². The number of hydrogen-bond acceptors (Lipinski definition) is 24. The maximum atomic E-state index is 12.0. The molecular weight excluding hydrogens is 678 g/mol. The van der Waals surface area contributed by atoms with Crippen LogP contribution in [-0.4, -0.2) is 58.0 Å². The van der Waals surface area contributed by atoms with Crippen LogP contribution in [0.3, 0.4) is 0 Å². The molecule has 1 aliphatic carbocycles. The highest BCUT2D eigenvalue weighted by Crippen LogP contribution is 2.55. The fourth-order valence-corrected chi connectivity index (χ4v) is 6.35. The first-order valence-corrected chi connectivity index (χ1v) is 17.8. The van der Waals surface area contributed by atoms with Crippen molar-refractivity contribution in [2.24, 2.45) is 0 Å². The molecule has 1 aliphatic rings. The molecule has 0 amide bonds. The van der Waals surface area contributed by atoms with E-state index < -0.39 is 83.6 Å². The van der Waals surface area contributed by atoms with Gasteiger partial charge in [0.1, 0.15) is 36.6 Å². The Labute approximate surface area is 217 Å². The Morgan fingerprint density at radius 2 is 0.513 bits per heavy atom. The van der Waals surface area contributed by atoms with E-state index in [1.807, 2.05) is 0 Å². The minimum absolute atomic E-state index is 0.362. The second kappa shape index (κ2) is 13.5.